The number of hydrogen-bond acceptors (Lipinski definition) is 3. The van der Waals surface area contributed by atoms with Crippen molar-refractivity contribution in [3.05, 3.63) is 65.7 Å². The molecule has 0 amide bonds. The summed E-state index contributed by atoms with van der Waals surface area (Å²) in [6.45, 7) is 1.69. The van der Waals surface area contributed by atoms with Gasteiger partial charge in [0.2, 0.25) is 0 Å². The maximum Gasteiger partial charge on any atom is 0.119 e. The van der Waals surface area contributed by atoms with Crippen LogP contribution in [-0.4, -0.2) is 30.7 Å². The largest absolute Gasteiger partial charge is 0.497 e. The van der Waals surface area contributed by atoms with Crippen LogP contribution < -0.4 is 4.74 Å². The topological polar surface area (TPSA) is 32.7 Å². The zero-order valence-electron chi connectivity index (χ0n) is 12.7. The van der Waals surface area contributed by atoms with Crippen molar-refractivity contribution in [1.29, 1.82) is 0 Å². The first-order valence-electron chi connectivity index (χ1n) is 7.23. The zero-order valence-corrected chi connectivity index (χ0v) is 12.7. The van der Waals surface area contributed by atoms with Crippen molar-refractivity contribution >= 4 is 0 Å². The van der Waals surface area contributed by atoms with Crippen molar-refractivity contribution in [3.8, 4) is 5.75 Å². The molecule has 0 saturated carbocycles. The van der Waals surface area contributed by atoms with Crippen LogP contribution in [0.3, 0.4) is 0 Å². The lowest BCUT2D eigenvalue weighted by Crippen LogP contribution is -2.21. The van der Waals surface area contributed by atoms with Crippen LogP contribution in [0, 0.1) is 0 Å². The first kappa shape index (κ1) is 15.5. The molecule has 0 fully saturated rings. The lowest BCUT2D eigenvalue weighted by molar-refractivity contribution is 0.147. The van der Waals surface area contributed by atoms with Gasteiger partial charge in [0.1, 0.15) is 5.75 Å². The van der Waals surface area contributed by atoms with E-state index in [9.17, 15) is 5.11 Å². The van der Waals surface area contributed by atoms with Crippen LogP contribution in [0.4, 0.5) is 0 Å². The molecular formula is C18H23NO2. The third kappa shape index (κ3) is 4.88. The van der Waals surface area contributed by atoms with E-state index >= 15 is 0 Å². The van der Waals surface area contributed by atoms with Gasteiger partial charge in [-0.1, -0.05) is 42.5 Å². The highest BCUT2D eigenvalue weighted by atomic mass is 16.5. The highest BCUT2D eigenvalue weighted by Gasteiger charge is 2.09. The van der Waals surface area contributed by atoms with Gasteiger partial charge in [-0.3, -0.25) is 0 Å². The molecule has 0 heterocycles. The average molecular weight is 285 g/mol. The van der Waals surface area contributed by atoms with Gasteiger partial charge in [-0.05, 0) is 36.7 Å². The Kier molecular flexibility index (Phi) is 5.78. The fraction of sp³-hybridized carbons (Fsp3) is 0.333. The normalized spacial score (nSPS) is 12.4. The van der Waals surface area contributed by atoms with E-state index in [4.69, 9.17) is 4.74 Å². The van der Waals surface area contributed by atoms with E-state index in [1.54, 1.807) is 7.11 Å². The summed E-state index contributed by atoms with van der Waals surface area (Å²) in [5.41, 5.74) is 2.19. The van der Waals surface area contributed by atoms with Gasteiger partial charge in [0.25, 0.3) is 0 Å². The Balaban J connectivity index is 1.83. The molecule has 0 aliphatic rings. The van der Waals surface area contributed by atoms with Crippen molar-refractivity contribution in [3.63, 3.8) is 0 Å². The monoisotopic (exact) mass is 285 g/mol. The van der Waals surface area contributed by atoms with Gasteiger partial charge in [-0.2, -0.15) is 0 Å². The van der Waals surface area contributed by atoms with Crippen LogP contribution in [-0.2, 0) is 6.54 Å². The Morgan fingerprint density at radius 3 is 2.57 bits per heavy atom. The molecule has 0 saturated heterocycles. The van der Waals surface area contributed by atoms with Crippen LogP contribution in [0.5, 0.6) is 5.75 Å². The van der Waals surface area contributed by atoms with E-state index in [1.807, 2.05) is 48.5 Å². The van der Waals surface area contributed by atoms with Crippen LogP contribution in [0.25, 0.3) is 0 Å². The molecule has 1 unspecified atom stereocenters. The summed E-state index contributed by atoms with van der Waals surface area (Å²) in [5.74, 6) is 0.880. The standard InChI is InChI=1S/C18H23NO2/c1-19(14-15-7-6-10-17(13-15)21-2)12-11-18(20)16-8-4-3-5-9-16/h3-10,13,18,20H,11-12,14H2,1-2H3. The van der Waals surface area contributed by atoms with Crippen LogP contribution in [0.1, 0.15) is 23.7 Å². The number of methoxy groups -OCH3 is 1. The van der Waals surface area contributed by atoms with E-state index in [-0.39, 0.29) is 0 Å². The summed E-state index contributed by atoms with van der Waals surface area (Å²) in [6.07, 6.45) is 0.323. The van der Waals surface area contributed by atoms with Gasteiger partial charge in [-0.15, -0.1) is 0 Å². The van der Waals surface area contributed by atoms with Gasteiger partial charge in [0.05, 0.1) is 13.2 Å². The molecule has 0 aliphatic carbocycles. The molecule has 0 aromatic heterocycles. The smallest absolute Gasteiger partial charge is 0.119 e. The van der Waals surface area contributed by atoms with Gasteiger partial charge < -0.3 is 14.7 Å². The van der Waals surface area contributed by atoms with Gasteiger partial charge in [-0.25, -0.2) is 0 Å². The number of benzene rings is 2. The third-order valence-electron chi connectivity index (χ3n) is 3.56. The first-order chi connectivity index (χ1) is 10.2. The van der Waals surface area contributed by atoms with Crippen molar-refractivity contribution in [2.45, 2.75) is 19.1 Å². The average Bonchev–Trinajstić information content (AvgIpc) is 2.53. The highest BCUT2D eigenvalue weighted by Crippen LogP contribution is 2.17. The van der Waals surface area contributed by atoms with E-state index in [1.165, 1.54) is 5.56 Å². The van der Waals surface area contributed by atoms with E-state index in [2.05, 4.69) is 18.0 Å². The SMILES string of the molecule is COc1cccc(CN(C)CCC(O)c2ccccc2)c1. The minimum atomic E-state index is -0.404. The number of aliphatic hydroxyl groups excluding tert-OH is 1. The highest BCUT2D eigenvalue weighted by molar-refractivity contribution is 5.28. The molecule has 1 atom stereocenters. The fourth-order valence-corrected chi connectivity index (χ4v) is 2.35. The summed E-state index contributed by atoms with van der Waals surface area (Å²) in [5, 5.41) is 10.2. The molecule has 0 bridgehead atoms. The molecule has 3 heteroatoms. The Bertz CT molecular complexity index is 542. The summed E-state index contributed by atoms with van der Waals surface area (Å²) >= 11 is 0. The Hall–Kier alpha value is -1.84. The van der Waals surface area contributed by atoms with Crippen molar-refractivity contribution in [2.75, 3.05) is 20.7 Å². The zero-order chi connectivity index (χ0) is 15.1. The van der Waals surface area contributed by atoms with E-state index in [0.717, 1.165) is 30.8 Å². The Morgan fingerprint density at radius 1 is 1.10 bits per heavy atom. The Labute approximate surface area is 126 Å². The number of rotatable bonds is 7. The summed E-state index contributed by atoms with van der Waals surface area (Å²) in [7, 11) is 3.75. The second-order valence-electron chi connectivity index (χ2n) is 5.30. The molecule has 2 aromatic carbocycles. The van der Waals surface area contributed by atoms with Crippen LogP contribution in [0.2, 0.25) is 0 Å². The molecule has 112 valence electrons. The van der Waals surface area contributed by atoms with Gasteiger partial charge in [0.15, 0.2) is 0 Å². The van der Waals surface area contributed by atoms with Gasteiger partial charge in [0, 0.05) is 13.1 Å². The van der Waals surface area contributed by atoms with E-state index in [0.29, 0.717) is 0 Å². The molecule has 0 spiro atoms. The minimum Gasteiger partial charge on any atom is -0.497 e. The summed E-state index contributed by atoms with van der Waals surface area (Å²) in [6, 6.07) is 17.9. The van der Waals surface area contributed by atoms with Crippen molar-refractivity contribution < 1.29 is 9.84 Å². The number of aliphatic hydroxyl groups is 1. The number of hydrogen-bond donors (Lipinski definition) is 1. The molecule has 1 N–H and O–H groups in total. The molecule has 2 aromatic rings. The quantitative estimate of drug-likeness (QED) is 0.847. The minimum absolute atomic E-state index is 0.404. The predicted molar refractivity (Wildman–Crippen MR) is 85.3 cm³/mol. The Morgan fingerprint density at radius 2 is 1.86 bits per heavy atom. The summed E-state index contributed by atoms with van der Waals surface area (Å²) < 4.78 is 5.23. The second-order valence-corrected chi connectivity index (χ2v) is 5.30. The lowest BCUT2D eigenvalue weighted by atomic mass is 10.1. The van der Waals surface area contributed by atoms with Crippen molar-refractivity contribution in [1.82, 2.24) is 4.90 Å². The lowest BCUT2D eigenvalue weighted by Gasteiger charge is -2.19. The first-order valence-corrected chi connectivity index (χ1v) is 7.23. The maximum atomic E-state index is 10.2. The predicted octanol–water partition coefficient (Wildman–Crippen LogP) is 3.25. The maximum absolute atomic E-state index is 10.2. The molecule has 0 aliphatic heterocycles. The molecule has 0 radical (unpaired) electrons. The van der Waals surface area contributed by atoms with Crippen molar-refractivity contribution in [2.24, 2.45) is 0 Å². The number of ether oxygens (including phenoxy) is 1. The summed E-state index contributed by atoms with van der Waals surface area (Å²) in [4.78, 5) is 2.21. The van der Waals surface area contributed by atoms with Crippen LogP contribution in [0.15, 0.2) is 54.6 Å². The fourth-order valence-electron chi connectivity index (χ4n) is 2.35. The van der Waals surface area contributed by atoms with E-state index < -0.39 is 6.10 Å². The molecular weight excluding hydrogens is 262 g/mol. The second kappa shape index (κ2) is 7.81. The molecule has 3 nitrogen and oxygen atoms in total. The molecule has 21 heavy (non-hydrogen) atoms. The van der Waals surface area contributed by atoms with Crippen LogP contribution >= 0.6 is 0 Å². The van der Waals surface area contributed by atoms with Gasteiger partial charge >= 0.3 is 0 Å². The number of nitrogens with zero attached hydrogens (tertiary/aromatic N) is 1. The third-order valence-corrected chi connectivity index (χ3v) is 3.56. The molecule has 2 rings (SSSR count).